The zero-order chi connectivity index (χ0) is 26.5. The van der Waals surface area contributed by atoms with E-state index in [4.69, 9.17) is 4.74 Å². The Kier molecular flexibility index (Phi) is 7.77. The molecule has 0 aromatic heterocycles. The van der Waals surface area contributed by atoms with Gasteiger partial charge in [0, 0.05) is 23.5 Å². The van der Waals surface area contributed by atoms with E-state index in [1.54, 1.807) is 23.1 Å². The number of aromatic carboxylic acids is 1. The molecule has 0 bridgehead atoms. The summed E-state index contributed by atoms with van der Waals surface area (Å²) in [7, 11) is 1.49. The van der Waals surface area contributed by atoms with Gasteiger partial charge in [0.2, 0.25) is 5.91 Å². The van der Waals surface area contributed by atoms with Gasteiger partial charge in [0.25, 0.3) is 0 Å². The van der Waals surface area contributed by atoms with Crippen LogP contribution in [0.25, 0.3) is 11.1 Å². The number of urea groups is 1. The summed E-state index contributed by atoms with van der Waals surface area (Å²) in [6.45, 7) is 4.74. The van der Waals surface area contributed by atoms with Gasteiger partial charge >= 0.3 is 12.0 Å². The number of carboxylic acids is 1. The molecule has 3 aromatic carbocycles. The zero-order valence-electron chi connectivity index (χ0n) is 21.2. The second kappa shape index (κ2) is 11.2. The van der Waals surface area contributed by atoms with Crippen molar-refractivity contribution in [2.24, 2.45) is 0 Å². The number of anilines is 2. The number of nitrogens with zero attached hydrogens (tertiary/aromatic N) is 1. The minimum atomic E-state index is -1.03. The number of rotatable bonds is 7. The van der Waals surface area contributed by atoms with Crippen LogP contribution in [0.3, 0.4) is 0 Å². The summed E-state index contributed by atoms with van der Waals surface area (Å²) < 4.78 is 5.37. The molecule has 192 valence electrons. The van der Waals surface area contributed by atoms with E-state index < -0.39 is 12.0 Å². The molecule has 3 aromatic rings. The molecule has 0 aliphatic carbocycles. The van der Waals surface area contributed by atoms with Crippen molar-refractivity contribution in [1.29, 1.82) is 0 Å². The first-order chi connectivity index (χ1) is 17.8. The van der Waals surface area contributed by atoms with Gasteiger partial charge in [-0.3, -0.25) is 4.79 Å². The molecule has 1 aliphatic rings. The highest BCUT2D eigenvalue weighted by Crippen LogP contribution is 2.32. The molecule has 0 spiro atoms. The number of ether oxygens (including phenoxy) is 1. The number of carboxylic acid groups (broad SMARTS) is 1. The van der Waals surface area contributed by atoms with E-state index in [2.05, 4.69) is 24.5 Å². The lowest BCUT2D eigenvalue weighted by Crippen LogP contribution is -2.45. The Hall–Kier alpha value is -4.33. The Morgan fingerprint density at radius 2 is 1.59 bits per heavy atom. The van der Waals surface area contributed by atoms with E-state index in [-0.39, 0.29) is 17.5 Å². The number of carbonyl (C=O) groups excluding carboxylic acids is 2. The number of amides is 3. The first kappa shape index (κ1) is 25.8. The number of likely N-dealkylation sites (tertiary alicyclic amines) is 1. The molecule has 1 unspecified atom stereocenters. The van der Waals surface area contributed by atoms with Crippen LogP contribution in [0.5, 0.6) is 5.75 Å². The van der Waals surface area contributed by atoms with Crippen LogP contribution in [0.1, 0.15) is 48.5 Å². The molecule has 1 aliphatic heterocycles. The first-order valence-electron chi connectivity index (χ1n) is 12.3. The molecule has 0 saturated carbocycles. The van der Waals surface area contributed by atoms with Crippen molar-refractivity contribution < 1.29 is 24.2 Å². The normalized spacial score (nSPS) is 14.9. The van der Waals surface area contributed by atoms with Crippen LogP contribution in [0.2, 0.25) is 0 Å². The molecule has 8 nitrogen and oxygen atoms in total. The minimum absolute atomic E-state index is 0.141. The summed E-state index contributed by atoms with van der Waals surface area (Å²) in [6.07, 6.45) is 1.35. The van der Waals surface area contributed by atoms with Gasteiger partial charge < -0.3 is 25.4 Å². The fourth-order valence-corrected chi connectivity index (χ4v) is 4.45. The van der Waals surface area contributed by atoms with Crippen LogP contribution >= 0.6 is 0 Å². The summed E-state index contributed by atoms with van der Waals surface area (Å²) in [5.74, 6) is -0.409. The van der Waals surface area contributed by atoms with E-state index >= 15 is 0 Å². The SMILES string of the molecule is COc1cc(C(=O)O)ccc1-c1ccc(NC(=O)C2CCCN2C(=O)Nc2ccc(C(C)C)cc2)cc1. The molecule has 0 radical (unpaired) electrons. The average molecular weight is 502 g/mol. The van der Waals surface area contributed by atoms with E-state index in [0.29, 0.717) is 36.0 Å². The molecule has 4 rings (SSSR count). The number of benzene rings is 3. The molecular formula is C29H31N3O5. The van der Waals surface area contributed by atoms with Crippen LogP contribution in [0, 0.1) is 0 Å². The maximum atomic E-state index is 13.0. The largest absolute Gasteiger partial charge is 0.496 e. The quantitative estimate of drug-likeness (QED) is 0.378. The standard InChI is InChI=1S/C29H31N3O5/c1-18(2)19-6-11-23(12-7-19)31-29(36)32-16-4-5-25(32)27(33)30-22-13-8-20(9-14-22)24-15-10-21(28(34)35)17-26(24)37-3/h6-15,17-18,25H,4-5,16H2,1-3H3,(H,30,33)(H,31,36)(H,34,35). The Labute approximate surface area is 216 Å². The summed E-state index contributed by atoms with van der Waals surface area (Å²) in [5, 5.41) is 15.0. The number of hydrogen-bond donors (Lipinski definition) is 3. The van der Waals surface area contributed by atoms with Gasteiger partial charge in [-0.1, -0.05) is 38.1 Å². The van der Waals surface area contributed by atoms with Gasteiger partial charge in [-0.15, -0.1) is 0 Å². The van der Waals surface area contributed by atoms with Gasteiger partial charge in [0.1, 0.15) is 11.8 Å². The fraction of sp³-hybridized carbons (Fsp3) is 0.276. The monoisotopic (exact) mass is 501 g/mol. The van der Waals surface area contributed by atoms with Crippen molar-refractivity contribution in [3.8, 4) is 16.9 Å². The Balaban J connectivity index is 1.41. The third kappa shape index (κ3) is 5.91. The third-order valence-electron chi connectivity index (χ3n) is 6.56. The predicted octanol–water partition coefficient (Wildman–Crippen LogP) is 5.82. The maximum absolute atomic E-state index is 13.0. The molecule has 3 amide bonds. The molecular weight excluding hydrogens is 470 g/mol. The molecule has 1 atom stereocenters. The van der Waals surface area contributed by atoms with Gasteiger partial charge in [0.05, 0.1) is 12.7 Å². The number of methoxy groups -OCH3 is 1. The summed E-state index contributed by atoms with van der Waals surface area (Å²) in [5.41, 5.74) is 4.19. The molecule has 37 heavy (non-hydrogen) atoms. The van der Waals surface area contributed by atoms with Gasteiger partial charge in [-0.2, -0.15) is 0 Å². The van der Waals surface area contributed by atoms with E-state index in [1.807, 2.05) is 36.4 Å². The van der Waals surface area contributed by atoms with Crippen molar-refractivity contribution in [1.82, 2.24) is 4.90 Å². The second-order valence-electron chi connectivity index (χ2n) is 9.35. The smallest absolute Gasteiger partial charge is 0.335 e. The maximum Gasteiger partial charge on any atom is 0.335 e. The Morgan fingerprint density at radius 3 is 2.22 bits per heavy atom. The molecule has 3 N–H and O–H groups in total. The van der Waals surface area contributed by atoms with Gasteiger partial charge in [-0.05, 0) is 72.4 Å². The van der Waals surface area contributed by atoms with Crippen molar-refractivity contribution in [3.05, 3.63) is 77.9 Å². The average Bonchev–Trinajstić information content (AvgIpc) is 3.39. The fourth-order valence-electron chi connectivity index (χ4n) is 4.45. The highest BCUT2D eigenvalue weighted by atomic mass is 16.5. The summed E-state index contributed by atoms with van der Waals surface area (Å²) in [6, 6.07) is 18.8. The Morgan fingerprint density at radius 1 is 0.946 bits per heavy atom. The summed E-state index contributed by atoms with van der Waals surface area (Å²) >= 11 is 0. The van der Waals surface area contributed by atoms with E-state index in [1.165, 1.54) is 24.8 Å². The second-order valence-corrected chi connectivity index (χ2v) is 9.35. The minimum Gasteiger partial charge on any atom is -0.496 e. The Bertz CT molecular complexity index is 1290. The first-order valence-corrected chi connectivity index (χ1v) is 12.3. The lowest BCUT2D eigenvalue weighted by atomic mass is 10.0. The predicted molar refractivity (Wildman–Crippen MR) is 143 cm³/mol. The molecule has 8 heteroatoms. The van der Waals surface area contributed by atoms with Crippen molar-refractivity contribution >= 4 is 29.3 Å². The molecule has 1 saturated heterocycles. The van der Waals surface area contributed by atoms with Crippen LogP contribution in [0.15, 0.2) is 66.7 Å². The highest BCUT2D eigenvalue weighted by Gasteiger charge is 2.34. The van der Waals surface area contributed by atoms with Gasteiger partial charge in [-0.25, -0.2) is 9.59 Å². The third-order valence-corrected chi connectivity index (χ3v) is 6.56. The highest BCUT2D eigenvalue weighted by molar-refractivity contribution is 5.99. The molecule has 1 heterocycles. The van der Waals surface area contributed by atoms with Crippen molar-refractivity contribution in [2.75, 3.05) is 24.3 Å². The number of nitrogens with one attached hydrogen (secondary N) is 2. The van der Waals surface area contributed by atoms with Crippen LogP contribution < -0.4 is 15.4 Å². The number of hydrogen-bond acceptors (Lipinski definition) is 4. The van der Waals surface area contributed by atoms with E-state index in [0.717, 1.165) is 17.5 Å². The lowest BCUT2D eigenvalue weighted by molar-refractivity contribution is -0.119. The van der Waals surface area contributed by atoms with Crippen LogP contribution in [-0.4, -0.2) is 47.6 Å². The van der Waals surface area contributed by atoms with Crippen molar-refractivity contribution in [3.63, 3.8) is 0 Å². The van der Waals surface area contributed by atoms with E-state index in [9.17, 15) is 19.5 Å². The number of carbonyl (C=O) groups is 3. The topological polar surface area (TPSA) is 108 Å². The summed E-state index contributed by atoms with van der Waals surface area (Å²) in [4.78, 5) is 38.8. The van der Waals surface area contributed by atoms with Crippen LogP contribution in [0.4, 0.5) is 16.2 Å². The lowest BCUT2D eigenvalue weighted by Gasteiger charge is -2.24. The zero-order valence-corrected chi connectivity index (χ0v) is 21.2. The molecule has 1 fully saturated rings. The van der Waals surface area contributed by atoms with Crippen molar-refractivity contribution in [2.45, 2.75) is 38.6 Å². The van der Waals surface area contributed by atoms with Crippen LogP contribution in [-0.2, 0) is 4.79 Å². The van der Waals surface area contributed by atoms with Gasteiger partial charge in [0.15, 0.2) is 0 Å².